The Hall–Kier alpha value is -0.0500. The summed E-state index contributed by atoms with van der Waals surface area (Å²) in [7, 11) is 0. The van der Waals surface area contributed by atoms with Crippen molar-refractivity contribution in [2.24, 2.45) is 0 Å². The molecule has 3 heteroatoms. The summed E-state index contributed by atoms with van der Waals surface area (Å²) < 4.78 is 0.879. The van der Waals surface area contributed by atoms with E-state index in [9.17, 15) is 0 Å². The second kappa shape index (κ2) is 8.12. The van der Waals surface area contributed by atoms with Crippen LogP contribution < -0.4 is 5.32 Å². The molecule has 1 rings (SSSR count). The molecule has 0 amide bonds. The molecule has 0 saturated heterocycles. The lowest BCUT2D eigenvalue weighted by atomic mass is 10.1. The van der Waals surface area contributed by atoms with Crippen molar-refractivity contribution in [3.05, 3.63) is 21.3 Å². The van der Waals surface area contributed by atoms with E-state index in [4.69, 9.17) is 11.6 Å². The predicted molar refractivity (Wildman–Crippen MR) is 79.1 cm³/mol. The monoisotopic (exact) mass is 273 g/mol. The van der Waals surface area contributed by atoms with Crippen LogP contribution in [0, 0.1) is 0 Å². The van der Waals surface area contributed by atoms with E-state index in [-0.39, 0.29) is 0 Å². The van der Waals surface area contributed by atoms with E-state index in [1.807, 2.05) is 6.07 Å². The van der Waals surface area contributed by atoms with Crippen LogP contribution in [0.3, 0.4) is 0 Å². The van der Waals surface area contributed by atoms with Crippen molar-refractivity contribution >= 4 is 22.9 Å². The maximum Gasteiger partial charge on any atom is 0.0931 e. The van der Waals surface area contributed by atoms with Crippen LogP contribution in [0.2, 0.25) is 4.34 Å². The van der Waals surface area contributed by atoms with Crippen LogP contribution in [-0.4, -0.2) is 6.04 Å². The number of unbranched alkanes of at least 4 members (excludes halogenated alkanes) is 3. The van der Waals surface area contributed by atoms with Crippen LogP contribution in [0.4, 0.5) is 0 Å². The minimum absolute atomic E-state index is 0.411. The zero-order valence-corrected chi connectivity index (χ0v) is 12.7. The van der Waals surface area contributed by atoms with Crippen molar-refractivity contribution in [2.75, 3.05) is 0 Å². The Morgan fingerprint density at radius 1 is 1.24 bits per heavy atom. The molecule has 0 spiro atoms. The Morgan fingerprint density at radius 2 is 2.00 bits per heavy atom. The van der Waals surface area contributed by atoms with Gasteiger partial charge >= 0.3 is 0 Å². The molecule has 0 radical (unpaired) electrons. The number of nitrogens with one attached hydrogen (secondary N) is 1. The van der Waals surface area contributed by atoms with Crippen molar-refractivity contribution < 1.29 is 0 Å². The molecular weight excluding hydrogens is 250 g/mol. The minimum atomic E-state index is 0.411. The SMILES string of the molecule is CCCCCCC(C)NC(C)c1ccc(Cl)s1. The van der Waals surface area contributed by atoms with Gasteiger partial charge in [-0.25, -0.2) is 0 Å². The average molecular weight is 274 g/mol. The molecule has 98 valence electrons. The molecule has 1 aromatic rings. The maximum atomic E-state index is 5.95. The Labute approximate surface area is 115 Å². The molecule has 17 heavy (non-hydrogen) atoms. The van der Waals surface area contributed by atoms with Crippen LogP contribution in [-0.2, 0) is 0 Å². The number of halogens is 1. The normalized spacial score (nSPS) is 14.8. The van der Waals surface area contributed by atoms with E-state index in [0.29, 0.717) is 12.1 Å². The highest BCUT2D eigenvalue weighted by Crippen LogP contribution is 2.27. The van der Waals surface area contributed by atoms with Crippen LogP contribution in [0.1, 0.15) is 63.8 Å². The molecular formula is C14H24ClNS. The molecule has 0 aliphatic carbocycles. The van der Waals surface area contributed by atoms with Gasteiger partial charge in [-0.3, -0.25) is 0 Å². The second-order valence-corrected chi connectivity index (χ2v) is 6.53. The first-order valence-electron chi connectivity index (χ1n) is 6.64. The fraction of sp³-hybridized carbons (Fsp3) is 0.714. The van der Waals surface area contributed by atoms with Crippen molar-refractivity contribution in [3.63, 3.8) is 0 Å². The van der Waals surface area contributed by atoms with Crippen LogP contribution >= 0.6 is 22.9 Å². The number of hydrogen-bond acceptors (Lipinski definition) is 2. The van der Waals surface area contributed by atoms with Crippen molar-refractivity contribution in [1.29, 1.82) is 0 Å². The fourth-order valence-electron chi connectivity index (χ4n) is 2.03. The van der Waals surface area contributed by atoms with E-state index < -0.39 is 0 Å². The van der Waals surface area contributed by atoms with Gasteiger partial charge in [0.05, 0.1) is 4.34 Å². The molecule has 1 aromatic heterocycles. The molecule has 1 nitrogen and oxygen atoms in total. The summed E-state index contributed by atoms with van der Waals surface area (Å²) in [6, 6.07) is 5.09. The summed E-state index contributed by atoms with van der Waals surface area (Å²) in [4.78, 5) is 1.33. The zero-order chi connectivity index (χ0) is 12.7. The van der Waals surface area contributed by atoms with Gasteiger partial charge in [0.2, 0.25) is 0 Å². The summed E-state index contributed by atoms with van der Waals surface area (Å²) in [5.74, 6) is 0. The molecule has 0 aromatic carbocycles. The standard InChI is InChI=1S/C14H24ClNS/c1-4-5-6-7-8-11(2)16-12(3)13-9-10-14(15)17-13/h9-12,16H,4-8H2,1-3H3. The summed E-state index contributed by atoms with van der Waals surface area (Å²) in [5, 5.41) is 3.64. The first-order valence-corrected chi connectivity index (χ1v) is 7.84. The van der Waals surface area contributed by atoms with E-state index >= 15 is 0 Å². The zero-order valence-electron chi connectivity index (χ0n) is 11.1. The fourth-order valence-corrected chi connectivity index (χ4v) is 3.10. The Kier molecular flexibility index (Phi) is 7.17. The van der Waals surface area contributed by atoms with Gasteiger partial charge in [0.25, 0.3) is 0 Å². The van der Waals surface area contributed by atoms with Gasteiger partial charge < -0.3 is 5.32 Å². The molecule has 0 aliphatic heterocycles. The molecule has 1 heterocycles. The Morgan fingerprint density at radius 3 is 2.59 bits per heavy atom. The molecule has 0 saturated carbocycles. The molecule has 0 bridgehead atoms. The summed E-state index contributed by atoms with van der Waals surface area (Å²) in [5.41, 5.74) is 0. The van der Waals surface area contributed by atoms with Crippen LogP contribution in [0.25, 0.3) is 0 Å². The summed E-state index contributed by atoms with van der Waals surface area (Å²) in [6.07, 6.45) is 6.64. The smallest absolute Gasteiger partial charge is 0.0931 e. The molecule has 2 atom stereocenters. The first-order chi connectivity index (χ1) is 8.13. The summed E-state index contributed by atoms with van der Waals surface area (Å²) >= 11 is 7.62. The predicted octanol–water partition coefficient (Wildman–Crippen LogP) is 5.41. The number of rotatable bonds is 8. The van der Waals surface area contributed by atoms with Crippen LogP contribution in [0.15, 0.2) is 12.1 Å². The van der Waals surface area contributed by atoms with Crippen molar-refractivity contribution in [2.45, 2.75) is 65.0 Å². The third-order valence-corrected chi connectivity index (χ3v) is 4.46. The van der Waals surface area contributed by atoms with E-state index in [1.54, 1.807) is 11.3 Å². The highest BCUT2D eigenvalue weighted by atomic mass is 35.5. The summed E-state index contributed by atoms with van der Waals surface area (Å²) in [6.45, 7) is 6.74. The van der Waals surface area contributed by atoms with Gasteiger partial charge in [-0.2, -0.15) is 0 Å². The molecule has 0 aliphatic rings. The average Bonchev–Trinajstić information content (AvgIpc) is 2.71. The van der Waals surface area contributed by atoms with Gasteiger partial charge in [0, 0.05) is 17.0 Å². The number of hydrogen-bond donors (Lipinski definition) is 1. The quantitative estimate of drug-likeness (QED) is 0.625. The van der Waals surface area contributed by atoms with Gasteiger partial charge in [0.1, 0.15) is 0 Å². The largest absolute Gasteiger partial charge is 0.307 e. The number of thiophene rings is 1. The van der Waals surface area contributed by atoms with Gasteiger partial charge in [0.15, 0.2) is 0 Å². The molecule has 0 fully saturated rings. The third kappa shape index (κ3) is 5.89. The lowest BCUT2D eigenvalue weighted by molar-refractivity contribution is 0.441. The Balaban J connectivity index is 2.23. The van der Waals surface area contributed by atoms with E-state index in [2.05, 4.69) is 32.2 Å². The van der Waals surface area contributed by atoms with Gasteiger partial charge in [-0.05, 0) is 32.4 Å². The highest BCUT2D eigenvalue weighted by Gasteiger charge is 2.11. The third-order valence-electron chi connectivity index (χ3n) is 3.05. The topological polar surface area (TPSA) is 12.0 Å². The van der Waals surface area contributed by atoms with Gasteiger partial charge in [-0.15, -0.1) is 11.3 Å². The van der Waals surface area contributed by atoms with Gasteiger partial charge in [-0.1, -0.05) is 44.2 Å². The van der Waals surface area contributed by atoms with Crippen molar-refractivity contribution in [1.82, 2.24) is 5.32 Å². The van der Waals surface area contributed by atoms with E-state index in [1.165, 1.54) is 37.0 Å². The van der Waals surface area contributed by atoms with E-state index in [0.717, 1.165) is 4.34 Å². The minimum Gasteiger partial charge on any atom is -0.307 e. The lowest BCUT2D eigenvalue weighted by Crippen LogP contribution is -2.28. The molecule has 1 N–H and O–H groups in total. The maximum absolute atomic E-state index is 5.95. The van der Waals surface area contributed by atoms with Crippen LogP contribution in [0.5, 0.6) is 0 Å². The molecule has 2 unspecified atom stereocenters. The first kappa shape index (κ1) is 15.0. The van der Waals surface area contributed by atoms with Crippen molar-refractivity contribution in [3.8, 4) is 0 Å². The highest BCUT2D eigenvalue weighted by molar-refractivity contribution is 7.16. The lowest BCUT2D eigenvalue weighted by Gasteiger charge is -2.19. The Bertz CT molecular complexity index is 311. The second-order valence-electron chi connectivity index (χ2n) is 4.78.